The van der Waals surface area contributed by atoms with Crippen molar-refractivity contribution < 1.29 is 9.53 Å². The molecule has 0 radical (unpaired) electrons. The van der Waals surface area contributed by atoms with E-state index in [1.54, 1.807) is 19.2 Å². The summed E-state index contributed by atoms with van der Waals surface area (Å²) in [4.78, 5) is 16.3. The molecule has 1 amide bonds. The van der Waals surface area contributed by atoms with Crippen molar-refractivity contribution in [1.29, 1.82) is 0 Å². The maximum absolute atomic E-state index is 12.0. The van der Waals surface area contributed by atoms with E-state index in [0.29, 0.717) is 12.1 Å². The summed E-state index contributed by atoms with van der Waals surface area (Å²) >= 11 is 0. The summed E-state index contributed by atoms with van der Waals surface area (Å²) < 4.78 is 5.08. The molecule has 1 heterocycles. The molecule has 5 nitrogen and oxygen atoms in total. The second-order valence-electron chi connectivity index (χ2n) is 4.17. The normalized spacial score (nSPS) is 12.0. The minimum absolute atomic E-state index is 0.00474. The number of aromatic nitrogens is 1. The molecular weight excluding hydrogens is 230 g/mol. The highest BCUT2D eigenvalue weighted by Gasteiger charge is 2.09. The van der Waals surface area contributed by atoms with Crippen molar-refractivity contribution in [1.82, 2.24) is 10.3 Å². The van der Waals surface area contributed by atoms with Gasteiger partial charge in [0.25, 0.3) is 5.91 Å². The predicted molar refractivity (Wildman–Crippen MR) is 71.9 cm³/mol. The van der Waals surface area contributed by atoms with Gasteiger partial charge in [-0.05, 0) is 32.9 Å². The third kappa shape index (κ3) is 4.33. The number of carbonyl (C=O) groups excluding carboxylic acids is 1. The number of aryl methyl sites for hydroxylation is 1. The van der Waals surface area contributed by atoms with Gasteiger partial charge in [0.15, 0.2) is 0 Å². The topological polar surface area (TPSA) is 63.2 Å². The van der Waals surface area contributed by atoms with Crippen LogP contribution < -0.4 is 10.6 Å². The van der Waals surface area contributed by atoms with Crippen molar-refractivity contribution in [2.75, 3.05) is 25.5 Å². The molecule has 0 saturated heterocycles. The number of ether oxygens (including phenoxy) is 1. The number of nitrogens with zero attached hydrogens (tertiary/aromatic N) is 1. The molecule has 5 heteroatoms. The molecule has 18 heavy (non-hydrogen) atoms. The fourth-order valence-electron chi connectivity index (χ4n) is 1.49. The van der Waals surface area contributed by atoms with Crippen molar-refractivity contribution in [2.45, 2.75) is 26.9 Å². The molecule has 0 aromatic carbocycles. The Balaban J connectivity index is 2.72. The first-order valence-corrected chi connectivity index (χ1v) is 6.10. The lowest BCUT2D eigenvalue weighted by molar-refractivity contribution is 0.0870. The number of amides is 1. The Morgan fingerprint density at radius 1 is 1.50 bits per heavy atom. The van der Waals surface area contributed by atoms with Crippen LogP contribution >= 0.6 is 0 Å². The Labute approximate surface area is 108 Å². The highest BCUT2D eigenvalue weighted by atomic mass is 16.5. The molecule has 0 fully saturated rings. The first kappa shape index (κ1) is 14.4. The molecule has 1 rings (SSSR count). The average Bonchev–Trinajstić information content (AvgIpc) is 2.35. The predicted octanol–water partition coefficient (Wildman–Crippen LogP) is 1.59. The zero-order chi connectivity index (χ0) is 13.5. The van der Waals surface area contributed by atoms with Crippen LogP contribution in [0.15, 0.2) is 12.1 Å². The van der Waals surface area contributed by atoms with E-state index in [-0.39, 0.29) is 12.0 Å². The van der Waals surface area contributed by atoms with Gasteiger partial charge in [-0.3, -0.25) is 4.79 Å². The van der Waals surface area contributed by atoms with Gasteiger partial charge in [-0.1, -0.05) is 0 Å². The summed E-state index contributed by atoms with van der Waals surface area (Å²) in [7, 11) is 1.62. The zero-order valence-corrected chi connectivity index (χ0v) is 11.4. The van der Waals surface area contributed by atoms with Crippen molar-refractivity contribution >= 4 is 11.7 Å². The Hall–Kier alpha value is -1.62. The van der Waals surface area contributed by atoms with Gasteiger partial charge in [0.2, 0.25) is 0 Å². The Morgan fingerprint density at radius 2 is 2.22 bits per heavy atom. The second kappa shape index (κ2) is 6.96. The second-order valence-corrected chi connectivity index (χ2v) is 4.17. The molecule has 2 N–H and O–H groups in total. The summed E-state index contributed by atoms with van der Waals surface area (Å²) in [6, 6.07) is 3.52. The maximum atomic E-state index is 12.0. The minimum Gasteiger partial charge on any atom is -0.380 e. The van der Waals surface area contributed by atoms with Crippen LogP contribution in [0.4, 0.5) is 5.82 Å². The fraction of sp³-hybridized carbons (Fsp3) is 0.538. The SMILES string of the molecule is CCNc1cc(C(=O)NCC(C)OC)cc(C)n1. The molecular formula is C13H21N3O2. The third-order valence-electron chi connectivity index (χ3n) is 2.53. The maximum Gasteiger partial charge on any atom is 0.251 e. The Bertz CT molecular complexity index is 407. The van der Waals surface area contributed by atoms with Crippen molar-refractivity contribution in [2.24, 2.45) is 0 Å². The molecule has 0 saturated carbocycles. The molecule has 1 unspecified atom stereocenters. The lowest BCUT2D eigenvalue weighted by Crippen LogP contribution is -2.31. The number of pyridine rings is 1. The van der Waals surface area contributed by atoms with E-state index in [9.17, 15) is 4.79 Å². The van der Waals surface area contributed by atoms with Crippen LogP contribution in [0.1, 0.15) is 29.9 Å². The van der Waals surface area contributed by atoms with Crippen LogP contribution in [-0.4, -0.2) is 37.2 Å². The standard InChI is InChI=1S/C13H21N3O2/c1-5-14-12-7-11(6-9(2)16-12)13(17)15-8-10(3)18-4/h6-7,10H,5,8H2,1-4H3,(H,14,16)(H,15,17). The monoisotopic (exact) mass is 251 g/mol. The summed E-state index contributed by atoms with van der Waals surface area (Å²) in [5.74, 6) is 0.617. The van der Waals surface area contributed by atoms with Gasteiger partial charge < -0.3 is 15.4 Å². The number of hydrogen-bond donors (Lipinski definition) is 2. The van der Waals surface area contributed by atoms with Crippen molar-refractivity contribution in [3.8, 4) is 0 Å². The van der Waals surface area contributed by atoms with E-state index in [4.69, 9.17) is 4.74 Å². The number of nitrogens with one attached hydrogen (secondary N) is 2. The van der Waals surface area contributed by atoms with Crippen LogP contribution in [0.3, 0.4) is 0 Å². The van der Waals surface area contributed by atoms with Crippen LogP contribution in [0.25, 0.3) is 0 Å². The van der Waals surface area contributed by atoms with Gasteiger partial charge in [-0.15, -0.1) is 0 Å². The summed E-state index contributed by atoms with van der Waals surface area (Å²) in [5, 5.41) is 5.93. The molecule has 0 spiro atoms. The minimum atomic E-state index is -0.108. The van der Waals surface area contributed by atoms with E-state index in [1.807, 2.05) is 20.8 Å². The molecule has 100 valence electrons. The van der Waals surface area contributed by atoms with Crippen molar-refractivity contribution in [3.05, 3.63) is 23.4 Å². The zero-order valence-electron chi connectivity index (χ0n) is 11.4. The van der Waals surface area contributed by atoms with Gasteiger partial charge in [0, 0.05) is 31.5 Å². The largest absolute Gasteiger partial charge is 0.380 e. The van der Waals surface area contributed by atoms with Crippen LogP contribution in [0.2, 0.25) is 0 Å². The molecule has 0 aliphatic rings. The highest BCUT2D eigenvalue weighted by molar-refractivity contribution is 5.95. The number of rotatable bonds is 6. The van der Waals surface area contributed by atoms with Gasteiger partial charge >= 0.3 is 0 Å². The molecule has 1 aromatic rings. The van der Waals surface area contributed by atoms with Crippen LogP contribution in [0.5, 0.6) is 0 Å². The first-order chi connectivity index (χ1) is 8.56. The van der Waals surface area contributed by atoms with Gasteiger partial charge in [-0.25, -0.2) is 4.98 Å². The summed E-state index contributed by atoms with van der Waals surface area (Å²) in [5.41, 5.74) is 1.43. The Kier molecular flexibility index (Phi) is 5.58. The van der Waals surface area contributed by atoms with Gasteiger partial charge in [0.1, 0.15) is 5.82 Å². The molecule has 0 bridgehead atoms. The first-order valence-electron chi connectivity index (χ1n) is 6.10. The molecule has 0 aliphatic carbocycles. The number of methoxy groups -OCH3 is 1. The van der Waals surface area contributed by atoms with Crippen LogP contribution in [-0.2, 0) is 4.74 Å². The molecule has 1 atom stereocenters. The third-order valence-corrected chi connectivity index (χ3v) is 2.53. The Morgan fingerprint density at radius 3 is 2.83 bits per heavy atom. The summed E-state index contributed by atoms with van der Waals surface area (Å²) in [6.07, 6.45) is 0.00474. The number of hydrogen-bond acceptors (Lipinski definition) is 4. The van der Waals surface area contributed by atoms with Crippen molar-refractivity contribution in [3.63, 3.8) is 0 Å². The highest BCUT2D eigenvalue weighted by Crippen LogP contribution is 2.10. The fourth-order valence-corrected chi connectivity index (χ4v) is 1.49. The molecule has 1 aromatic heterocycles. The van der Waals surface area contributed by atoms with E-state index in [2.05, 4.69) is 15.6 Å². The van der Waals surface area contributed by atoms with E-state index in [1.165, 1.54) is 0 Å². The van der Waals surface area contributed by atoms with E-state index >= 15 is 0 Å². The molecule has 0 aliphatic heterocycles. The van der Waals surface area contributed by atoms with Gasteiger partial charge in [0.05, 0.1) is 6.10 Å². The number of anilines is 1. The lowest BCUT2D eigenvalue weighted by atomic mass is 10.2. The van der Waals surface area contributed by atoms with Gasteiger partial charge in [-0.2, -0.15) is 0 Å². The van der Waals surface area contributed by atoms with Crippen LogP contribution in [0, 0.1) is 6.92 Å². The average molecular weight is 251 g/mol. The lowest BCUT2D eigenvalue weighted by Gasteiger charge is -2.12. The van der Waals surface area contributed by atoms with E-state index < -0.39 is 0 Å². The number of carbonyl (C=O) groups is 1. The quantitative estimate of drug-likeness (QED) is 0.806. The smallest absolute Gasteiger partial charge is 0.251 e. The van der Waals surface area contributed by atoms with E-state index in [0.717, 1.165) is 18.1 Å². The summed E-state index contributed by atoms with van der Waals surface area (Å²) in [6.45, 7) is 7.03.